The fourth-order valence-corrected chi connectivity index (χ4v) is 3.03. The highest BCUT2D eigenvalue weighted by molar-refractivity contribution is 6.01. The second kappa shape index (κ2) is 9.12. The van der Waals surface area contributed by atoms with Gasteiger partial charge in [-0.1, -0.05) is 18.2 Å². The summed E-state index contributed by atoms with van der Waals surface area (Å²) in [5, 5.41) is 12.2. The van der Waals surface area contributed by atoms with Gasteiger partial charge in [0, 0.05) is 6.42 Å². The van der Waals surface area contributed by atoms with E-state index >= 15 is 0 Å². The number of ether oxygens (including phenoxy) is 3. The van der Waals surface area contributed by atoms with E-state index in [9.17, 15) is 14.7 Å². The summed E-state index contributed by atoms with van der Waals surface area (Å²) in [4.78, 5) is 24.7. The molecule has 2 aromatic carbocycles. The molecule has 2 bridgehead atoms. The van der Waals surface area contributed by atoms with Crippen molar-refractivity contribution in [3.8, 4) is 17.2 Å². The first-order valence-corrected chi connectivity index (χ1v) is 9.13. The molecule has 1 aliphatic rings. The van der Waals surface area contributed by atoms with Crippen LogP contribution in [-0.4, -0.2) is 43.3 Å². The molecule has 1 amide bonds. The molecule has 0 saturated carbocycles. The molecular formula is C21H23NO6. The first kappa shape index (κ1) is 19.5. The van der Waals surface area contributed by atoms with Crippen molar-refractivity contribution in [2.24, 2.45) is 0 Å². The molecule has 0 saturated heterocycles. The number of benzene rings is 2. The number of carbonyl (C=O) groups excluding carboxylic acids is 1. The third kappa shape index (κ3) is 4.73. The van der Waals surface area contributed by atoms with Crippen LogP contribution in [0.1, 0.15) is 28.8 Å². The zero-order valence-corrected chi connectivity index (χ0v) is 15.6. The van der Waals surface area contributed by atoms with Crippen LogP contribution in [0.4, 0.5) is 0 Å². The van der Waals surface area contributed by atoms with E-state index in [0.717, 1.165) is 18.4 Å². The van der Waals surface area contributed by atoms with Gasteiger partial charge in [-0.15, -0.1) is 0 Å². The molecule has 0 unspecified atom stereocenters. The molecule has 0 aliphatic carbocycles. The summed E-state index contributed by atoms with van der Waals surface area (Å²) < 4.78 is 16.8. The van der Waals surface area contributed by atoms with E-state index in [0.29, 0.717) is 30.5 Å². The largest absolute Gasteiger partial charge is 0.496 e. The van der Waals surface area contributed by atoms with E-state index in [4.69, 9.17) is 14.2 Å². The Morgan fingerprint density at radius 2 is 1.89 bits per heavy atom. The normalized spacial score (nSPS) is 17.6. The molecule has 0 fully saturated rings. The number of rotatable bonds is 2. The maximum Gasteiger partial charge on any atom is 0.326 e. The molecule has 2 N–H and O–H groups in total. The van der Waals surface area contributed by atoms with Crippen molar-refractivity contribution in [1.29, 1.82) is 0 Å². The summed E-state index contributed by atoms with van der Waals surface area (Å²) in [5.74, 6) is -0.316. The minimum atomic E-state index is -1.12. The number of hydrogen-bond acceptors (Lipinski definition) is 5. The van der Waals surface area contributed by atoms with E-state index < -0.39 is 17.9 Å². The summed E-state index contributed by atoms with van der Waals surface area (Å²) in [6.07, 6.45) is 1.66. The van der Waals surface area contributed by atoms with Gasteiger partial charge in [-0.2, -0.15) is 0 Å². The molecule has 0 radical (unpaired) electrons. The Labute approximate surface area is 163 Å². The predicted octanol–water partition coefficient (Wildman–Crippen LogP) is 2.67. The summed E-state index contributed by atoms with van der Waals surface area (Å²) in [6, 6.07) is 11.2. The van der Waals surface area contributed by atoms with Crippen molar-refractivity contribution in [3.05, 3.63) is 53.6 Å². The maximum absolute atomic E-state index is 12.9. The topological polar surface area (TPSA) is 94.1 Å². The van der Waals surface area contributed by atoms with Gasteiger partial charge in [-0.05, 0) is 42.7 Å². The number of methoxy groups -OCH3 is 1. The first-order valence-electron chi connectivity index (χ1n) is 9.13. The number of amides is 1. The van der Waals surface area contributed by atoms with Crippen molar-refractivity contribution in [2.45, 2.75) is 25.3 Å². The van der Waals surface area contributed by atoms with E-state index in [-0.39, 0.29) is 12.0 Å². The molecular weight excluding hydrogens is 362 g/mol. The average molecular weight is 385 g/mol. The summed E-state index contributed by atoms with van der Waals surface area (Å²) in [7, 11) is 1.45. The van der Waals surface area contributed by atoms with E-state index in [1.807, 2.05) is 18.2 Å². The van der Waals surface area contributed by atoms with Gasteiger partial charge < -0.3 is 24.6 Å². The second-order valence-electron chi connectivity index (χ2n) is 6.45. The lowest BCUT2D eigenvalue weighted by Gasteiger charge is -2.18. The Kier molecular flexibility index (Phi) is 6.37. The number of carboxylic acid groups (broad SMARTS) is 1. The van der Waals surface area contributed by atoms with E-state index in [2.05, 4.69) is 5.32 Å². The van der Waals surface area contributed by atoms with Crippen LogP contribution in [0.25, 0.3) is 0 Å². The minimum Gasteiger partial charge on any atom is -0.496 e. The van der Waals surface area contributed by atoms with Gasteiger partial charge in [0.15, 0.2) is 0 Å². The van der Waals surface area contributed by atoms with E-state index in [1.165, 1.54) is 7.11 Å². The highest BCUT2D eigenvalue weighted by atomic mass is 16.5. The zero-order valence-electron chi connectivity index (χ0n) is 15.6. The third-order valence-corrected chi connectivity index (χ3v) is 4.44. The summed E-state index contributed by atoms with van der Waals surface area (Å²) >= 11 is 0. The van der Waals surface area contributed by atoms with Crippen LogP contribution in [0.5, 0.6) is 17.2 Å². The van der Waals surface area contributed by atoms with Gasteiger partial charge in [0.05, 0.1) is 20.3 Å². The SMILES string of the molecule is COc1cccc2c1C(=O)N[C@H](C(=O)O)Cc1cccc(c1)OCCCCO2. The molecule has 7 nitrogen and oxygen atoms in total. The van der Waals surface area contributed by atoms with Crippen molar-refractivity contribution >= 4 is 11.9 Å². The highest BCUT2D eigenvalue weighted by Gasteiger charge is 2.25. The minimum absolute atomic E-state index is 0.129. The maximum atomic E-state index is 12.9. The smallest absolute Gasteiger partial charge is 0.326 e. The lowest BCUT2D eigenvalue weighted by atomic mass is 10.0. The van der Waals surface area contributed by atoms with Gasteiger partial charge in [0.2, 0.25) is 0 Å². The van der Waals surface area contributed by atoms with Gasteiger partial charge >= 0.3 is 5.97 Å². The molecule has 1 atom stereocenters. The average Bonchev–Trinajstić information content (AvgIpc) is 2.69. The Bertz CT molecular complexity index is 851. The van der Waals surface area contributed by atoms with Crippen LogP contribution < -0.4 is 19.5 Å². The van der Waals surface area contributed by atoms with Crippen molar-refractivity contribution in [3.63, 3.8) is 0 Å². The quantitative estimate of drug-likeness (QED) is 0.826. The Morgan fingerprint density at radius 1 is 1.14 bits per heavy atom. The predicted molar refractivity (Wildman–Crippen MR) is 102 cm³/mol. The summed E-state index contributed by atoms with van der Waals surface area (Å²) in [5.41, 5.74) is 0.952. The number of carbonyl (C=O) groups is 2. The molecule has 28 heavy (non-hydrogen) atoms. The molecule has 148 valence electrons. The number of hydrogen-bond donors (Lipinski definition) is 2. The third-order valence-electron chi connectivity index (χ3n) is 4.44. The van der Waals surface area contributed by atoms with Gasteiger partial charge in [-0.3, -0.25) is 4.79 Å². The zero-order chi connectivity index (χ0) is 19.9. The van der Waals surface area contributed by atoms with Crippen molar-refractivity contribution in [2.75, 3.05) is 20.3 Å². The van der Waals surface area contributed by atoms with Crippen LogP contribution in [-0.2, 0) is 11.2 Å². The molecule has 0 aromatic heterocycles. The fraction of sp³-hybridized carbons (Fsp3) is 0.333. The monoisotopic (exact) mass is 385 g/mol. The van der Waals surface area contributed by atoms with E-state index in [1.54, 1.807) is 24.3 Å². The van der Waals surface area contributed by atoms with Gasteiger partial charge in [0.25, 0.3) is 5.91 Å². The fourth-order valence-electron chi connectivity index (χ4n) is 3.03. The number of nitrogens with one attached hydrogen (secondary N) is 1. The lowest BCUT2D eigenvalue weighted by Crippen LogP contribution is -2.42. The number of fused-ring (bicyclic) bond motifs is 3. The highest BCUT2D eigenvalue weighted by Crippen LogP contribution is 2.29. The standard InChI is InChI=1S/C21H23NO6/c1-26-17-8-5-9-18-19(17)20(23)22-16(21(24)25)13-14-6-4-7-15(12-14)27-10-2-3-11-28-18/h4-9,12,16H,2-3,10-11,13H2,1H3,(H,22,23)(H,24,25)/t16-/m0/s1. The summed E-state index contributed by atoms with van der Waals surface area (Å²) in [6.45, 7) is 0.927. The van der Waals surface area contributed by atoms with Gasteiger partial charge in [-0.25, -0.2) is 4.79 Å². The van der Waals surface area contributed by atoms with Gasteiger partial charge in [0.1, 0.15) is 28.9 Å². The first-order chi connectivity index (χ1) is 13.6. The molecule has 2 aromatic rings. The molecule has 0 spiro atoms. The van der Waals surface area contributed by atoms with Crippen LogP contribution >= 0.6 is 0 Å². The van der Waals surface area contributed by atoms with Crippen LogP contribution in [0.2, 0.25) is 0 Å². The Hall–Kier alpha value is -3.22. The molecule has 1 aliphatic heterocycles. The molecule has 1 heterocycles. The lowest BCUT2D eigenvalue weighted by molar-refractivity contribution is -0.139. The van der Waals surface area contributed by atoms with Crippen LogP contribution in [0.15, 0.2) is 42.5 Å². The molecule has 3 rings (SSSR count). The van der Waals surface area contributed by atoms with Crippen LogP contribution in [0, 0.1) is 0 Å². The Morgan fingerprint density at radius 3 is 2.64 bits per heavy atom. The second-order valence-corrected chi connectivity index (χ2v) is 6.45. The number of aliphatic carboxylic acids is 1. The number of carboxylic acids is 1. The van der Waals surface area contributed by atoms with Crippen LogP contribution in [0.3, 0.4) is 0 Å². The van der Waals surface area contributed by atoms with Crippen molar-refractivity contribution < 1.29 is 28.9 Å². The molecule has 7 heteroatoms. The Balaban J connectivity index is 1.95. The van der Waals surface area contributed by atoms with Crippen molar-refractivity contribution in [1.82, 2.24) is 5.32 Å².